The highest BCUT2D eigenvalue weighted by Crippen LogP contribution is 2.28. The lowest BCUT2D eigenvalue weighted by atomic mass is 10.1. The van der Waals surface area contributed by atoms with Gasteiger partial charge in [-0.05, 0) is 25.3 Å². The van der Waals surface area contributed by atoms with E-state index in [0.717, 1.165) is 31.7 Å². The van der Waals surface area contributed by atoms with Gasteiger partial charge in [-0.1, -0.05) is 0 Å². The first-order chi connectivity index (χ1) is 8.16. The van der Waals surface area contributed by atoms with Gasteiger partial charge in [0.1, 0.15) is 5.69 Å². The SMILES string of the molecule is Cc1cc(C(=O)N2CC[C@H]3CNC[C@H]32)n(C)n1. The Kier molecular flexibility index (Phi) is 2.43. The van der Waals surface area contributed by atoms with Crippen molar-refractivity contribution < 1.29 is 4.79 Å². The maximum absolute atomic E-state index is 12.5. The van der Waals surface area contributed by atoms with Crippen LogP contribution in [0.25, 0.3) is 0 Å². The highest BCUT2D eigenvalue weighted by molar-refractivity contribution is 5.93. The van der Waals surface area contributed by atoms with E-state index >= 15 is 0 Å². The third kappa shape index (κ3) is 1.65. The number of rotatable bonds is 1. The van der Waals surface area contributed by atoms with Gasteiger partial charge in [-0.15, -0.1) is 0 Å². The Morgan fingerprint density at radius 3 is 3.06 bits per heavy atom. The maximum atomic E-state index is 12.5. The molecule has 0 aliphatic carbocycles. The second-order valence-corrected chi connectivity index (χ2v) is 5.07. The second kappa shape index (κ2) is 3.84. The standard InChI is InChI=1S/C12H18N4O/c1-8-5-10(15(2)14-8)12(17)16-4-3-9-6-13-7-11(9)16/h5,9,11,13H,3-4,6-7H2,1-2H3/t9-,11+/m0/s1. The monoisotopic (exact) mass is 234 g/mol. The summed E-state index contributed by atoms with van der Waals surface area (Å²) in [5.74, 6) is 0.776. The first kappa shape index (κ1) is 10.8. The van der Waals surface area contributed by atoms with Crippen LogP contribution < -0.4 is 5.32 Å². The summed E-state index contributed by atoms with van der Waals surface area (Å²) < 4.78 is 1.69. The first-order valence-electron chi connectivity index (χ1n) is 6.19. The molecule has 0 radical (unpaired) electrons. The van der Waals surface area contributed by atoms with Gasteiger partial charge in [0, 0.05) is 32.7 Å². The smallest absolute Gasteiger partial charge is 0.272 e. The summed E-state index contributed by atoms with van der Waals surface area (Å²) in [5, 5.41) is 7.61. The predicted molar refractivity (Wildman–Crippen MR) is 63.7 cm³/mol. The topological polar surface area (TPSA) is 50.2 Å². The molecule has 5 nitrogen and oxygen atoms in total. The van der Waals surface area contributed by atoms with Gasteiger partial charge < -0.3 is 10.2 Å². The van der Waals surface area contributed by atoms with E-state index in [1.54, 1.807) is 4.68 Å². The van der Waals surface area contributed by atoms with Crippen molar-refractivity contribution in [2.45, 2.75) is 19.4 Å². The highest BCUT2D eigenvalue weighted by atomic mass is 16.2. The molecule has 3 heterocycles. The van der Waals surface area contributed by atoms with Crippen molar-refractivity contribution in [2.24, 2.45) is 13.0 Å². The van der Waals surface area contributed by atoms with Crippen LogP contribution in [0.15, 0.2) is 6.07 Å². The Hall–Kier alpha value is -1.36. The van der Waals surface area contributed by atoms with Gasteiger partial charge in [0.15, 0.2) is 0 Å². The minimum absolute atomic E-state index is 0.129. The third-order valence-electron chi connectivity index (χ3n) is 3.93. The molecule has 0 spiro atoms. The molecule has 1 amide bonds. The predicted octanol–water partition coefficient (Wildman–Crippen LogP) is 0.162. The number of nitrogens with one attached hydrogen (secondary N) is 1. The number of carbonyl (C=O) groups is 1. The number of fused-ring (bicyclic) bond motifs is 1. The van der Waals surface area contributed by atoms with Crippen LogP contribution in [0.4, 0.5) is 0 Å². The fraction of sp³-hybridized carbons (Fsp3) is 0.667. The second-order valence-electron chi connectivity index (χ2n) is 5.07. The molecular formula is C12H18N4O. The van der Waals surface area contributed by atoms with Crippen LogP contribution in [0.1, 0.15) is 22.6 Å². The lowest BCUT2D eigenvalue weighted by Gasteiger charge is -2.23. The van der Waals surface area contributed by atoms with Gasteiger partial charge in [-0.25, -0.2) is 0 Å². The average Bonchev–Trinajstić information content (AvgIpc) is 2.91. The Bertz CT molecular complexity index is 453. The van der Waals surface area contributed by atoms with Crippen molar-refractivity contribution >= 4 is 5.91 Å². The average molecular weight is 234 g/mol. The van der Waals surface area contributed by atoms with Crippen molar-refractivity contribution in [3.05, 3.63) is 17.5 Å². The molecule has 2 aliphatic heterocycles. The molecule has 0 unspecified atom stereocenters. The van der Waals surface area contributed by atoms with Crippen molar-refractivity contribution in [3.63, 3.8) is 0 Å². The zero-order valence-corrected chi connectivity index (χ0v) is 10.3. The number of hydrogen-bond donors (Lipinski definition) is 1. The zero-order valence-electron chi connectivity index (χ0n) is 10.3. The van der Waals surface area contributed by atoms with E-state index in [0.29, 0.717) is 17.7 Å². The third-order valence-corrected chi connectivity index (χ3v) is 3.93. The molecule has 2 saturated heterocycles. The molecule has 0 bridgehead atoms. The van der Waals surface area contributed by atoms with E-state index in [9.17, 15) is 4.79 Å². The van der Waals surface area contributed by atoms with Gasteiger partial charge in [-0.3, -0.25) is 9.48 Å². The number of hydrogen-bond acceptors (Lipinski definition) is 3. The van der Waals surface area contributed by atoms with Crippen LogP contribution in [-0.4, -0.2) is 46.3 Å². The van der Waals surface area contributed by atoms with Gasteiger partial charge in [-0.2, -0.15) is 5.10 Å². The summed E-state index contributed by atoms with van der Waals surface area (Å²) in [5.41, 5.74) is 1.60. The van der Waals surface area contributed by atoms with Crippen molar-refractivity contribution in [2.75, 3.05) is 19.6 Å². The maximum Gasteiger partial charge on any atom is 0.272 e. The van der Waals surface area contributed by atoms with E-state index < -0.39 is 0 Å². The molecule has 1 aromatic rings. The van der Waals surface area contributed by atoms with Crippen LogP contribution in [0.5, 0.6) is 0 Å². The van der Waals surface area contributed by atoms with Crippen LogP contribution in [0.3, 0.4) is 0 Å². The summed E-state index contributed by atoms with van der Waals surface area (Å²) >= 11 is 0. The molecule has 2 atom stereocenters. The molecule has 2 aliphatic rings. The van der Waals surface area contributed by atoms with Crippen LogP contribution >= 0.6 is 0 Å². The minimum atomic E-state index is 0.129. The molecule has 1 aromatic heterocycles. The molecule has 0 aromatic carbocycles. The molecular weight excluding hydrogens is 216 g/mol. The molecule has 5 heteroatoms. The molecule has 3 rings (SSSR count). The summed E-state index contributed by atoms with van der Waals surface area (Å²) in [6, 6.07) is 2.26. The van der Waals surface area contributed by atoms with Gasteiger partial charge in [0.2, 0.25) is 0 Å². The zero-order chi connectivity index (χ0) is 12.0. The van der Waals surface area contributed by atoms with E-state index in [4.69, 9.17) is 0 Å². The number of aromatic nitrogens is 2. The summed E-state index contributed by atoms with van der Waals surface area (Å²) in [6.45, 7) is 4.80. The minimum Gasteiger partial charge on any atom is -0.333 e. The van der Waals surface area contributed by atoms with Crippen LogP contribution in [-0.2, 0) is 7.05 Å². The number of likely N-dealkylation sites (tertiary alicyclic amines) is 1. The summed E-state index contributed by atoms with van der Waals surface area (Å²) in [7, 11) is 1.83. The first-order valence-corrected chi connectivity index (χ1v) is 6.19. The van der Waals surface area contributed by atoms with Gasteiger partial charge >= 0.3 is 0 Å². The summed E-state index contributed by atoms with van der Waals surface area (Å²) in [4.78, 5) is 14.5. The number of nitrogens with zero attached hydrogens (tertiary/aromatic N) is 3. The number of carbonyl (C=O) groups excluding carboxylic acids is 1. The largest absolute Gasteiger partial charge is 0.333 e. The van der Waals surface area contributed by atoms with Gasteiger partial charge in [0.05, 0.1) is 5.69 Å². The van der Waals surface area contributed by atoms with E-state index in [2.05, 4.69) is 10.4 Å². The number of aryl methyl sites for hydroxylation is 2. The fourth-order valence-corrected chi connectivity index (χ4v) is 3.06. The van der Waals surface area contributed by atoms with Crippen molar-refractivity contribution in [3.8, 4) is 0 Å². The van der Waals surface area contributed by atoms with Crippen molar-refractivity contribution in [1.82, 2.24) is 20.0 Å². The Balaban J connectivity index is 1.85. The summed E-state index contributed by atoms with van der Waals surface area (Å²) in [6.07, 6.45) is 1.13. The molecule has 0 saturated carbocycles. The molecule has 17 heavy (non-hydrogen) atoms. The Morgan fingerprint density at radius 1 is 1.53 bits per heavy atom. The highest BCUT2D eigenvalue weighted by Gasteiger charge is 2.40. The van der Waals surface area contributed by atoms with E-state index in [-0.39, 0.29) is 5.91 Å². The van der Waals surface area contributed by atoms with Crippen molar-refractivity contribution in [1.29, 1.82) is 0 Å². The molecule has 92 valence electrons. The quantitative estimate of drug-likeness (QED) is 0.753. The van der Waals surface area contributed by atoms with Crippen LogP contribution in [0.2, 0.25) is 0 Å². The fourth-order valence-electron chi connectivity index (χ4n) is 3.06. The lowest BCUT2D eigenvalue weighted by molar-refractivity contribution is 0.0726. The normalized spacial score (nSPS) is 27.5. The Labute approximate surface area is 101 Å². The Morgan fingerprint density at radius 2 is 2.35 bits per heavy atom. The van der Waals surface area contributed by atoms with Crippen LogP contribution in [0, 0.1) is 12.8 Å². The molecule has 1 N–H and O–H groups in total. The number of amides is 1. The molecule has 2 fully saturated rings. The lowest BCUT2D eigenvalue weighted by Crippen LogP contribution is -2.39. The van der Waals surface area contributed by atoms with E-state index in [1.165, 1.54) is 0 Å². The van der Waals surface area contributed by atoms with E-state index in [1.807, 2.05) is 24.9 Å². The van der Waals surface area contributed by atoms with Gasteiger partial charge in [0.25, 0.3) is 5.91 Å².